The Labute approximate surface area is 150 Å². The van der Waals surface area contributed by atoms with E-state index in [0.717, 1.165) is 0 Å². The van der Waals surface area contributed by atoms with Crippen LogP contribution in [0.25, 0.3) is 0 Å². The van der Waals surface area contributed by atoms with Crippen LogP contribution in [0.15, 0.2) is 30.5 Å². The first-order valence-electron chi connectivity index (χ1n) is 7.19. The summed E-state index contributed by atoms with van der Waals surface area (Å²) in [6, 6.07) is 6.78. The normalized spacial score (nSPS) is 11.0. The van der Waals surface area contributed by atoms with Crippen molar-refractivity contribution < 1.29 is 28.5 Å². The molecule has 8 nitrogen and oxygen atoms in total. The monoisotopic (exact) mass is 370 g/mol. The molecule has 0 spiro atoms. The zero-order chi connectivity index (χ0) is 17.5. The Hall–Kier alpha value is -2.74. The molecule has 0 fully saturated rings. The quantitative estimate of drug-likeness (QED) is 0.746. The number of aromatic amines is 1. The van der Waals surface area contributed by atoms with Crippen molar-refractivity contribution in [3.8, 4) is 11.6 Å². The van der Waals surface area contributed by atoms with E-state index in [9.17, 15) is 9.59 Å². The van der Waals surface area contributed by atoms with Crippen LogP contribution in [0.3, 0.4) is 0 Å². The number of hydrogen-bond donors (Lipinski definition) is 1. The van der Waals surface area contributed by atoms with Crippen LogP contribution in [0.2, 0.25) is 0 Å². The Morgan fingerprint density at radius 2 is 2.04 bits per heavy atom. The maximum atomic E-state index is 12.1. The van der Waals surface area contributed by atoms with Gasteiger partial charge in [-0.25, -0.2) is 14.7 Å². The van der Waals surface area contributed by atoms with Crippen molar-refractivity contribution in [3.63, 3.8) is 0 Å². The molecule has 2 aromatic rings. The minimum absolute atomic E-state index is 0. The van der Waals surface area contributed by atoms with Crippen molar-refractivity contribution in [3.05, 3.63) is 41.6 Å². The lowest BCUT2D eigenvalue weighted by Gasteiger charge is -2.17. The average Bonchev–Trinajstić information content (AvgIpc) is 3.07. The molecule has 0 aliphatic carbocycles. The third-order valence-corrected chi connectivity index (χ3v) is 3.15. The van der Waals surface area contributed by atoms with Crippen molar-refractivity contribution in [2.75, 3.05) is 20.8 Å². The maximum Gasteiger partial charge on any atom is 0.351 e. The number of rotatable bonds is 7. The molecule has 1 aromatic carbocycles. The van der Waals surface area contributed by atoms with Gasteiger partial charge in [0.25, 0.3) is 0 Å². The number of aromatic nitrogens is 2. The van der Waals surface area contributed by atoms with Gasteiger partial charge in [-0.05, 0) is 19.1 Å². The van der Waals surface area contributed by atoms with Crippen LogP contribution in [-0.2, 0) is 14.3 Å². The number of methoxy groups -OCH3 is 2. The molecule has 1 atom stereocenters. The Bertz CT molecular complexity index is 718. The van der Waals surface area contributed by atoms with E-state index in [-0.39, 0.29) is 30.5 Å². The molecule has 0 aliphatic heterocycles. The van der Waals surface area contributed by atoms with Gasteiger partial charge in [0.2, 0.25) is 12.0 Å². The van der Waals surface area contributed by atoms with Gasteiger partial charge in [-0.15, -0.1) is 12.4 Å². The Morgan fingerprint density at radius 3 is 2.68 bits per heavy atom. The van der Waals surface area contributed by atoms with Gasteiger partial charge in [-0.1, -0.05) is 12.1 Å². The molecule has 0 bridgehead atoms. The van der Waals surface area contributed by atoms with Crippen molar-refractivity contribution in [1.29, 1.82) is 0 Å². The number of esters is 2. The minimum atomic E-state index is -1.10. The number of nitrogens with zero attached hydrogens (tertiary/aromatic N) is 1. The van der Waals surface area contributed by atoms with Gasteiger partial charge < -0.3 is 18.9 Å². The van der Waals surface area contributed by atoms with E-state index in [1.807, 2.05) is 0 Å². The highest BCUT2D eigenvalue weighted by Crippen LogP contribution is 2.27. The number of ether oxygens (including phenoxy) is 4. The summed E-state index contributed by atoms with van der Waals surface area (Å²) in [5, 5.41) is 6.30. The second-order valence-electron chi connectivity index (χ2n) is 4.63. The number of halogens is 1. The van der Waals surface area contributed by atoms with Crippen LogP contribution in [0.4, 0.5) is 0 Å². The SMILES string of the molecule is CCOC(=O)c1cn[nH]c1OC(C(=O)OC)c1cccc(OC)c1.Cl. The smallest absolute Gasteiger partial charge is 0.351 e. The number of carbonyl (C=O) groups excluding carboxylic acids is 2. The van der Waals surface area contributed by atoms with Gasteiger partial charge in [0.05, 0.1) is 27.0 Å². The van der Waals surface area contributed by atoms with E-state index < -0.39 is 18.0 Å². The number of hydrogen-bond acceptors (Lipinski definition) is 7. The molecule has 1 aromatic heterocycles. The molecule has 9 heteroatoms. The standard InChI is InChI=1S/C16H18N2O6.ClH/c1-4-23-15(19)12-9-17-18-14(12)24-13(16(20)22-3)10-6-5-7-11(8-10)21-2;/h5-9,13H,4H2,1-3H3,(H,17,18);1H. The van der Waals surface area contributed by atoms with Gasteiger partial charge in [-0.2, -0.15) is 5.10 Å². The van der Waals surface area contributed by atoms with E-state index in [1.54, 1.807) is 31.2 Å². The summed E-state index contributed by atoms with van der Waals surface area (Å²) in [6.07, 6.45) is 0.173. The fourth-order valence-electron chi connectivity index (χ4n) is 2.00. The molecule has 1 N–H and O–H groups in total. The summed E-state index contributed by atoms with van der Waals surface area (Å²) in [5.74, 6) is -0.657. The fourth-order valence-corrected chi connectivity index (χ4v) is 2.00. The summed E-state index contributed by atoms with van der Waals surface area (Å²) >= 11 is 0. The summed E-state index contributed by atoms with van der Waals surface area (Å²) in [7, 11) is 2.76. The highest BCUT2D eigenvalue weighted by molar-refractivity contribution is 5.91. The van der Waals surface area contributed by atoms with E-state index in [0.29, 0.717) is 11.3 Å². The van der Waals surface area contributed by atoms with Crippen molar-refractivity contribution in [2.45, 2.75) is 13.0 Å². The Balaban J connectivity index is 0.00000312. The molecule has 0 amide bonds. The zero-order valence-corrected chi connectivity index (χ0v) is 14.8. The number of benzene rings is 1. The van der Waals surface area contributed by atoms with Gasteiger partial charge >= 0.3 is 11.9 Å². The lowest BCUT2D eigenvalue weighted by molar-refractivity contribution is -0.149. The van der Waals surface area contributed by atoms with E-state index in [4.69, 9.17) is 18.9 Å². The highest BCUT2D eigenvalue weighted by Gasteiger charge is 2.27. The molecular weight excluding hydrogens is 352 g/mol. The molecule has 0 aliphatic rings. The summed E-state index contributed by atoms with van der Waals surface area (Å²) in [6.45, 7) is 1.89. The molecular formula is C16H19ClN2O6. The molecule has 2 rings (SSSR count). The molecule has 0 radical (unpaired) electrons. The minimum Gasteiger partial charge on any atom is -0.497 e. The first-order valence-corrected chi connectivity index (χ1v) is 7.19. The second-order valence-corrected chi connectivity index (χ2v) is 4.63. The third kappa shape index (κ3) is 4.87. The van der Waals surface area contributed by atoms with Gasteiger partial charge in [0.15, 0.2) is 0 Å². The van der Waals surface area contributed by atoms with E-state index >= 15 is 0 Å². The van der Waals surface area contributed by atoms with Gasteiger partial charge in [-0.3, -0.25) is 0 Å². The lowest BCUT2D eigenvalue weighted by Crippen LogP contribution is -2.21. The molecule has 25 heavy (non-hydrogen) atoms. The van der Waals surface area contributed by atoms with E-state index in [1.165, 1.54) is 20.4 Å². The van der Waals surface area contributed by atoms with Crippen LogP contribution in [-0.4, -0.2) is 43.0 Å². The van der Waals surface area contributed by atoms with Crippen molar-refractivity contribution in [2.24, 2.45) is 0 Å². The maximum absolute atomic E-state index is 12.1. The van der Waals surface area contributed by atoms with Crippen molar-refractivity contribution >= 4 is 24.3 Å². The van der Waals surface area contributed by atoms with Crippen LogP contribution in [0.1, 0.15) is 28.9 Å². The summed E-state index contributed by atoms with van der Waals surface area (Å²) in [4.78, 5) is 24.0. The van der Waals surface area contributed by atoms with Crippen LogP contribution in [0, 0.1) is 0 Å². The predicted molar refractivity (Wildman–Crippen MR) is 90.2 cm³/mol. The van der Waals surface area contributed by atoms with Crippen LogP contribution >= 0.6 is 12.4 Å². The molecule has 0 saturated heterocycles. The first-order chi connectivity index (χ1) is 11.6. The topological polar surface area (TPSA) is 99.7 Å². The van der Waals surface area contributed by atoms with Gasteiger partial charge in [0, 0.05) is 5.56 Å². The first kappa shape index (κ1) is 20.3. The van der Waals surface area contributed by atoms with Crippen molar-refractivity contribution in [1.82, 2.24) is 10.2 Å². The Kier molecular flexibility index (Phi) is 7.74. The Morgan fingerprint density at radius 1 is 1.28 bits per heavy atom. The van der Waals surface area contributed by atoms with Gasteiger partial charge in [0.1, 0.15) is 11.3 Å². The average molecular weight is 371 g/mol. The molecule has 136 valence electrons. The molecule has 1 unspecified atom stereocenters. The second kappa shape index (κ2) is 9.53. The summed E-state index contributed by atoms with van der Waals surface area (Å²) in [5.41, 5.74) is 0.597. The fraction of sp³-hybridized carbons (Fsp3) is 0.312. The third-order valence-electron chi connectivity index (χ3n) is 3.15. The lowest BCUT2D eigenvalue weighted by atomic mass is 10.1. The largest absolute Gasteiger partial charge is 0.497 e. The number of nitrogens with one attached hydrogen (secondary N) is 1. The zero-order valence-electron chi connectivity index (χ0n) is 14.0. The highest BCUT2D eigenvalue weighted by atomic mass is 35.5. The molecule has 1 heterocycles. The molecule has 0 saturated carbocycles. The summed E-state index contributed by atoms with van der Waals surface area (Å²) < 4.78 is 20.5. The van der Waals surface area contributed by atoms with Crippen LogP contribution in [0.5, 0.6) is 11.6 Å². The number of carbonyl (C=O) groups is 2. The van der Waals surface area contributed by atoms with Crippen LogP contribution < -0.4 is 9.47 Å². The predicted octanol–water partition coefficient (Wildman–Crippen LogP) is 2.31. The number of H-pyrrole nitrogens is 1. The van der Waals surface area contributed by atoms with E-state index in [2.05, 4.69) is 10.2 Å².